The molecule has 1 amide bonds. The van der Waals surface area contributed by atoms with Gasteiger partial charge in [0, 0.05) is 19.5 Å². The van der Waals surface area contributed by atoms with Gasteiger partial charge in [-0.15, -0.1) is 10.2 Å². The zero-order valence-corrected chi connectivity index (χ0v) is 13.3. The molecule has 0 aliphatic carbocycles. The van der Waals surface area contributed by atoms with Crippen molar-refractivity contribution in [2.75, 3.05) is 12.3 Å². The van der Waals surface area contributed by atoms with Crippen molar-refractivity contribution < 1.29 is 4.79 Å². The molecule has 21 heavy (non-hydrogen) atoms. The summed E-state index contributed by atoms with van der Waals surface area (Å²) in [6, 6.07) is 1.85. The van der Waals surface area contributed by atoms with Crippen LogP contribution in [0.3, 0.4) is 0 Å². The number of nitrogen functional groups attached to an aromatic ring is 1. The minimum atomic E-state index is -0.117. The quantitative estimate of drug-likeness (QED) is 0.841. The van der Waals surface area contributed by atoms with Crippen LogP contribution in [0.15, 0.2) is 6.07 Å². The van der Waals surface area contributed by atoms with Gasteiger partial charge in [0.1, 0.15) is 10.7 Å². The van der Waals surface area contributed by atoms with E-state index in [4.69, 9.17) is 5.73 Å². The fourth-order valence-electron chi connectivity index (χ4n) is 1.88. The number of aromatic nitrogens is 4. The predicted molar refractivity (Wildman–Crippen MR) is 82.3 cm³/mol. The molecule has 0 radical (unpaired) electrons. The van der Waals surface area contributed by atoms with E-state index in [9.17, 15) is 4.79 Å². The molecule has 0 saturated carbocycles. The number of rotatable bonds is 6. The van der Waals surface area contributed by atoms with Crippen molar-refractivity contribution in [1.82, 2.24) is 25.3 Å². The Labute approximate surface area is 127 Å². The van der Waals surface area contributed by atoms with Crippen molar-refractivity contribution in [3.63, 3.8) is 0 Å². The molecule has 0 fully saturated rings. The van der Waals surface area contributed by atoms with Gasteiger partial charge in [-0.2, -0.15) is 5.10 Å². The third-order valence-electron chi connectivity index (χ3n) is 3.03. The number of carbonyl (C=O) groups excluding carboxylic acids is 1. The molecule has 3 N–H and O–H groups in total. The van der Waals surface area contributed by atoms with Gasteiger partial charge in [-0.1, -0.05) is 25.2 Å². The number of amides is 1. The maximum absolute atomic E-state index is 12.2. The average molecular weight is 308 g/mol. The second kappa shape index (κ2) is 6.66. The topological polar surface area (TPSA) is 98.7 Å². The molecule has 0 saturated heterocycles. The van der Waals surface area contributed by atoms with Crippen LogP contribution in [0.4, 0.5) is 5.13 Å². The second-order valence-corrected chi connectivity index (χ2v) is 6.06. The summed E-state index contributed by atoms with van der Waals surface area (Å²) in [5.74, 6) is 0.183. The van der Waals surface area contributed by atoms with E-state index >= 15 is 0 Å². The number of nitrogens with zero attached hydrogens (tertiary/aromatic N) is 4. The van der Waals surface area contributed by atoms with Gasteiger partial charge < -0.3 is 11.1 Å². The maximum atomic E-state index is 12.2. The van der Waals surface area contributed by atoms with Crippen molar-refractivity contribution >= 4 is 22.4 Å². The maximum Gasteiger partial charge on any atom is 0.269 e. The van der Waals surface area contributed by atoms with Crippen LogP contribution in [-0.4, -0.2) is 32.4 Å². The van der Waals surface area contributed by atoms with E-state index in [2.05, 4.69) is 34.5 Å². The molecule has 0 spiro atoms. The van der Waals surface area contributed by atoms with Crippen molar-refractivity contribution in [3.8, 4) is 0 Å². The summed E-state index contributed by atoms with van der Waals surface area (Å²) in [5, 5.41) is 16.2. The van der Waals surface area contributed by atoms with Crippen LogP contribution in [0, 0.1) is 0 Å². The molecule has 0 aliphatic rings. The first kappa shape index (κ1) is 15.4. The molecule has 0 bridgehead atoms. The number of carbonyl (C=O) groups is 1. The molecule has 0 aromatic carbocycles. The monoisotopic (exact) mass is 308 g/mol. The Morgan fingerprint density at radius 3 is 2.81 bits per heavy atom. The summed E-state index contributed by atoms with van der Waals surface area (Å²) in [6.07, 6.45) is 0.623. The molecule has 114 valence electrons. The fourth-order valence-corrected chi connectivity index (χ4v) is 2.49. The van der Waals surface area contributed by atoms with Gasteiger partial charge in [0.05, 0.1) is 5.69 Å². The van der Waals surface area contributed by atoms with Gasteiger partial charge in [-0.25, -0.2) is 0 Å². The molecule has 2 rings (SSSR count). The molecule has 7 nitrogen and oxygen atoms in total. The number of nitrogens with one attached hydrogen (secondary N) is 1. The smallest absolute Gasteiger partial charge is 0.269 e. The summed E-state index contributed by atoms with van der Waals surface area (Å²) in [6.45, 7) is 7.26. The summed E-state index contributed by atoms with van der Waals surface area (Å²) in [5.41, 5.74) is 7.04. The lowest BCUT2D eigenvalue weighted by Crippen LogP contribution is -2.28. The first-order valence-corrected chi connectivity index (χ1v) is 7.76. The van der Waals surface area contributed by atoms with Crippen LogP contribution < -0.4 is 11.1 Å². The minimum Gasteiger partial charge on any atom is -0.374 e. The third-order valence-corrected chi connectivity index (χ3v) is 3.84. The van der Waals surface area contributed by atoms with Crippen molar-refractivity contribution in [1.29, 1.82) is 0 Å². The predicted octanol–water partition coefficient (Wildman–Crippen LogP) is 1.43. The average Bonchev–Trinajstić information content (AvgIpc) is 3.04. The van der Waals surface area contributed by atoms with E-state index in [-0.39, 0.29) is 5.91 Å². The normalized spacial score (nSPS) is 11.0. The molecular weight excluding hydrogens is 288 g/mol. The second-order valence-electron chi connectivity index (χ2n) is 4.96. The SMILES string of the molecule is CCn1nc(C(C)C)cc1C(=O)NCCc1nnc(N)s1. The Bertz CT molecular complexity index is 618. The highest BCUT2D eigenvalue weighted by atomic mass is 32.1. The van der Waals surface area contributed by atoms with Crippen molar-refractivity contribution in [2.45, 2.75) is 39.7 Å². The first-order chi connectivity index (χ1) is 10.0. The molecular formula is C13H20N6OS. The number of aryl methyl sites for hydroxylation is 1. The van der Waals surface area contributed by atoms with E-state index in [0.717, 1.165) is 10.7 Å². The van der Waals surface area contributed by atoms with E-state index in [0.29, 0.717) is 36.3 Å². The van der Waals surface area contributed by atoms with Crippen LogP contribution in [0.5, 0.6) is 0 Å². The Morgan fingerprint density at radius 1 is 1.48 bits per heavy atom. The van der Waals surface area contributed by atoms with Crippen LogP contribution in [-0.2, 0) is 13.0 Å². The summed E-state index contributed by atoms with van der Waals surface area (Å²) >= 11 is 1.34. The van der Waals surface area contributed by atoms with Crippen LogP contribution in [0.1, 0.15) is 47.9 Å². The number of nitrogens with two attached hydrogens (primary N) is 1. The standard InChI is InChI=1S/C13H20N6OS/c1-4-19-10(7-9(18-19)8(2)3)12(20)15-6-5-11-16-17-13(14)21-11/h7-8H,4-6H2,1-3H3,(H2,14,17)(H,15,20). The van der Waals surface area contributed by atoms with Gasteiger partial charge in [-0.3, -0.25) is 9.48 Å². The number of anilines is 1. The zero-order chi connectivity index (χ0) is 15.4. The fraction of sp³-hybridized carbons (Fsp3) is 0.538. The first-order valence-electron chi connectivity index (χ1n) is 6.95. The Kier molecular flexibility index (Phi) is 4.89. The Balaban J connectivity index is 1.96. The van der Waals surface area contributed by atoms with Gasteiger partial charge in [0.2, 0.25) is 5.13 Å². The lowest BCUT2D eigenvalue weighted by atomic mass is 10.1. The molecule has 0 unspecified atom stereocenters. The lowest BCUT2D eigenvalue weighted by molar-refractivity contribution is 0.0943. The van der Waals surface area contributed by atoms with Gasteiger partial charge >= 0.3 is 0 Å². The number of hydrogen-bond acceptors (Lipinski definition) is 6. The summed E-state index contributed by atoms with van der Waals surface area (Å²) < 4.78 is 1.73. The highest BCUT2D eigenvalue weighted by Gasteiger charge is 2.15. The molecule has 0 aliphatic heterocycles. The largest absolute Gasteiger partial charge is 0.374 e. The van der Waals surface area contributed by atoms with Crippen LogP contribution in [0.2, 0.25) is 0 Å². The molecule has 2 aromatic rings. The van der Waals surface area contributed by atoms with Crippen molar-refractivity contribution in [2.24, 2.45) is 0 Å². The van der Waals surface area contributed by atoms with E-state index in [1.165, 1.54) is 11.3 Å². The zero-order valence-electron chi connectivity index (χ0n) is 12.5. The van der Waals surface area contributed by atoms with Crippen molar-refractivity contribution in [3.05, 3.63) is 22.5 Å². The highest BCUT2D eigenvalue weighted by molar-refractivity contribution is 7.15. The van der Waals surface area contributed by atoms with Crippen LogP contribution >= 0.6 is 11.3 Å². The van der Waals surface area contributed by atoms with Gasteiger partial charge in [0.25, 0.3) is 5.91 Å². The number of hydrogen-bond donors (Lipinski definition) is 2. The lowest BCUT2D eigenvalue weighted by Gasteiger charge is -2.05. The Hall–Kier alpha value is -1.96. The van der Waals surface area contributed by atoms with E-state index in [1.807, 2.05) is 13.0 Å². The Morgan fingerprint density at radius 2 is 2.24 bits per heavy atom. The molecule has 0 atom stereocenters. The highest BCUT2D eigenvalue weighted by Crippen LogP contribution is 2.15. The van der Waals surface area contributed by atoms with Crippen LogP contribution in [0.25, 0.3) is 0 Å². The van der Waals surface area contributed by atoms with Gasteiger partial charge in [0.15, 0.2) is 0 Å². The molecule has 2 aromatic heterocycles. The minimum absolute atomic E-state index is 0.117. The van der Waals surface area contributed by atoms with E-state index < -0.39 is 0 Å². The summed E-state index contributed by atoms with van der Waals surface area (Å²) in [4.78, 5) is 12.2. The van der Waals surface area contributed by atoms with E-state index in [1.54, 1.807) is 4.68 Å². The molecule has 8 heteroatoms. The summed E-state index contributed by atoms with van der Waals surface area (Å²) in [7, 11) is 0. The van der Waals surface area contributed by atoms with Gasteiger partial charge in [-0.05, 0) is 18.9 Å². The molecule has 2 heterocycles. The third kappa shape index (κ3) is 3.78.